The van der Waals surface area contributed by atoms with Crippen LogP contribution in [-0.4, -0.2) is 39.3 Å². The van der Waals surface area contributed by atoms with Crippen molar-refractivity contribution in [2.24, 2.45) is 7.05 Å². The van der Waals surface area contributed by atoms with Crippen LogP contribution in [0.1, 0.15) is 38.1 Å². The highest BCUT2D eigenvalue weighted by molar-refractivity contribution is 5.87. The molecule has 1 fully saturated rings. The normalized spacial score (nSPS) is 20.7. The Morgan fingerprint density at radius 1 is 1.55 bits per heavy atom. The van der Waals surface area contributed by atoms with Crippen LogP contribution in [0.25, 0.3) is 0 Å². The molecule has 1 aliphatic rings. The molecule has 0 unspecified atom stereocenters. The van der Waals surface area contributed by atoms with Gasteiger partial charge in [0.05, 0.1) is 6.04 Å². The third-order valence-corrected chi connectivity index (χ3v) is 3.32. The second kappa shape index (κ2) is 6.36. The van der Waals surface area contributed by atoms with Gasteiger partial charge in [-0.2, -0.15) is 0 Å². The molecule has 0 aromatic carbocycles. The van der Waals surface area contributed by atoms with Gasteiger partial charge in [0.2, 0.25) is 5.91 Å². The van der Waals surface area contributed by atoms with E-state index in [4.69, 9.17) is 0 Å². The Morgan fingerprint density at radius 2 is 2.35 bits per heavy atom. The quantitative estimate of drug-likeness (QED) is 0.716. The zero-order valence-electron chi connectivity index (χ0n) is 11.7. The highest BCUT2D eigenvalue weighted by atomic mass is 16.2. The van der Waals surface area contributed by atoms with Gasteiger partial charge in [0.1, 0.15) is 12.4 Å². The van der Waals surface area contributed by atoms with Gasteiger partial charge in [0.25, 0.3) is 0 Å². The van der Waals surface area contributed by atoms with Crippen LogP contribution in [0, 0.1) is 0 Å². The topological polar surface area (TPSA) is 101 Å². The van der Waals surface area contributed by atoms with Gasteiger partial charge in [-0.3, -0.25) is 4.79 Å². The van der Waals surface area contributed by atoms with Crippen molar-refractivity contribution in [2.75, 3.05) is 6.54 Å². The highest BCUT2D eigenvalue weighted by Gasteiger charge is 2.23. The summed E-state index contributed by atoms with van der Waals surface area (Å²) < 4.78 is 1.74. The fourth-order valence-electron chi connectivity index (χ4n) is 2.22. The van der Waals surface area contributed by atoms with Crippen LogP contribution in [0.4, 0.5) is 4.79 Å². The van der Waals surface area contributed by atoms with Crippen molar-refractivity contribution < 1.29 is 9.59 Å². The number of nitrogens with zero attached hydrogens (tertiary/aromatic N) is 3. The first-order chi connectivity index (χ1) is 9.58. The lowest BCUT2D eigenvalue weighted by atomic mass is 10.1. The summed E-state index contributed by atoms with van der Waals surface area (Å²) in [6.07, 6.45) is 4.10. The van der Waals surface area contributed by atoms with Gasteiger partial charge in [0.15, 0.2) is 5.82 Å². The Bertz CT molecular complexity index is 486. The molecule has 2 heterocycles. The molecule has 3 amide bonds. The van der Waals surface area contributed by atoms with Crippen LogP contribution < -0.4 is 16.0 Å². The molecule has 0 saturated carbocycles. The van der Waals surface area contributed by atoms with E-state index in [0.29, 0.717) is 18.8 Å². The minimum absolute atomic E-state index is 0.121. The minimum atomic E-state index is -0.468. The van der Waals surface area contributed by atoms with E-state index in [1.807, 2.05) is 14.0 Å². The van der Waals surface area contributed by atoms with Gasteiger partial charge >= 0.3 is 6.03 Å². The first kappa shape index (κ1) is 14.3. The Balaban J connectivity index is 1.88. The van der Waals surface area contributed by atoms with Gasteiger partial charge in [-0.15, -0.1) is 10.2 Å². The summed E-state index contributed by atoms with van der Waals surface area (Å²) in [6, 6.07) is -1.12. The predicted molar refractivity (Wildman–Crippen MR) is 71.7 cm³/mol. The van der Waals surface area contributed by atoms with E-state index in [1.54, 1.807) is 10.9 Å². The summed E-state index contributed by atoms with van der Waals surface area (Å²) in [5.41, 5.74) is 0. The number of amides is 3. The molecular formula is C12H20N6O2. The van der Waals surface area contributed by atoms with Gasteiger partial charge in [-0.25, -0.2) is 4.79 Å². The molecule has 0 bridgehead atoms. The third kappa shape index (κ3) is 3.46. The summed E-state index contributed by atoms with van der Waals surface area (Å²) in [7, 11) is 1.81. The Hall–Kier alpha value is -2.12. The molecule has 0 aliphatic carbocycles. The molecule has 1 aliphatic heterocycles. The van der Waals surface area contributed by atoms with E-state index in [-0.39, 0.29) is 18.0 Å². The molecule has 2 rings (SSSR count). The number of aryl methyl sites for hydroxylation is 1. The van der Waals surface area contributed by atoms with Gasteiger partial charge in [-0.1, -0.05) is 0 Å². The molecule has 1 aromatic rings. The number of hydrogen-bond donors (Lipinski definition) is 3. The summed E-state index contributed by atoms with van der Waals surface area (Å²) in [4.78, 5) is 23.7. The third-order valence-electron chi connectivity index (χ3n) is 3.32. The van der Waals surface area contributed by atoms with Crippen molar-refractivity contribution in [3.8, 4) is 0 Å². The van der Waals surface area contributed by atoms with Crippen molar-refractivity contribution in [1.82, 2.24) is 30.7 Å². The molecule has 20 heavy (non-hydrogen) atoms. The van der Waals surface area contributed by atoms with E-state index in [0.717, 1.165) is 12.8 Å². The van der Waals surface area contributed by atoms with E-state index in [2.05, 4.69) is 26.1 Å². The van der Waals surface area contributed by atoms with Crippen LogP contribution in [0.3, 0.4) is 0 Å². The summed E-state index contributed by atoms with van der Waals surface area (Å²) >= 11 is 0. The maximum absolute atomic E-state index is 11.9. The zero-order chi connectivity index (χ0) is 14.5. The maximum Gasteiger partial charge on any atom is 0.316 e. The Kier molecular flexibility index (Phi) is 4.54. The van der Waals surface area contributed by atoms with Crippen LogP contribution in [0.2, 0.25) is 0 Å². The number of nitrogens with one attached hydrogen (secondary N) is 3. The smallest absolute Gasteiger partial charge is 0.316 e. The van der Waals surface area contributed by atoms with Gasteiger partial charge in [-0.05, 0) is 26.2 Å². The van der Waals surface area contributed by atoms with Gasteiger partial charge in [0, 0.05) is 13.6 Å². The first-order valence-corrected chi connectivity index (χ1v) is 6.76. The monoisotopic (exact) mass is 280 g/mol. The van der Waals surface area contributed by atoms with E-state index in [1.165, 1.54) is 0 Å². The number of aromatic nitrogens is 3. The molecule has 3 N–H and O–H groups in total. The number of carbonyl (C=O) groups excluding carboxylic acids is 2. The number of urea groups is 1. The fourth-order valence-corrected chi connectivity index (χ4v) is 2.22. The highest BCUT2D eigenvalue weighted by Crippen LogP contribution is 2.08. The second-order valence-electron chi connectivity index (χ2n) is 4.98. The SMILES string of the molecule is C[C@H](NC(=O)N[C@@H]1CCCCNC1=O)c1nncn1C. The number of hydrogen-bond acceptors (Lipinski definition) is 4. The van der Waals surface area contributed by atoms with E-state index < -0.39 is 6.04 Å². The number of carbonyl (C=O) groups is 2. The largest absolute Gasteiger partial charge is 0.354 e. The van der Waals surface area contributed by atoms with Crippen molar-refractivity contribution in [2.45, 2.75) is 38.3 Å². The Morgan fingerprint density at radius 3 is 3.05 bits per heavy atom. The second-order valence-corrected chi connectivity index (χ2v) is 4.98. The standard InChI is InChI=1S/C12H20N6O2/c1-8(10-17-14-7-18(10)2)15-12(20)16-9-5-3-4-6-13-11(9)19/h7-9H,3-6H2,1-2H3,(H,13,19)(H2,15,16,20)/t8-,9+/m0/s1. The van der Waals surface area contributed by atoms with Crippen molar-refractivity contribution >= 4 is 11.9 Å². The predicted octanol–water partition coefficient (Wildman–Crippen LogP) is -0.156. The lowest BCUT2D eigenvalue weighted by Crippen LogP contribution is -2.49. The summed E-state index contributed by atoms with van der Waals surface area (Å²) in [6.45, 7) is 2.49. The van der Waals surface area contributed by atoms with Crippen LogP contribution in [0.5, 0.6) is 0 Å². The van der Waals surface area contributed by atoms with Crippen LogP contribution in [-0.2, 0) is 11.8 Å². The minimum Gasteiger partial charge on any atom is -0.354 e. The molecule has 0 radical (unpaired) electrons. The average Bonchev–Trinajstić information content (AvgIpc) is 2.73. The van der Waals surface area contributed by atoms with Gasteiger partial charge < -0.3 is 20.5 Å². The first-order valence-electron chi connectivity index (χ1n) is 6.76. The van der Waals surface area contributed by atoms with Crippen molar-refractivity contribution in [3.05, 3.63) is 12.2 Å². The van der Waals surface area contributed by atoms with Crippen LogP contribution >= 0.6 is 0 Å². The Labute approximate surface area is 117 Å². The molecule has 8 nitrogen and oxygen atoms in total. The van der Waals surface area contributed by atoms with Crippen molar-refractivity contribution in [3.63, 3.8) is 0 Å². The van der Waals surface area contributed by atoms with Crippen LogP contribution in [0.15, 0.2) is 6.33 Å². The van der Waals surface area contributed by atoms with Crippen molar-refractivity contribution in [1.29, 1.82) is 0 Å². The summed E-state index contributed by atoms with van der Waals surface area (Å²) in [5, 5.41) is 15.9. The molecule has 2 atom stereocenters. The van der Waals surface area contributed by atoms with E-state index in [9.17, 15) is 9.59 Å². The zero-order valence-corrected chi connectivity index (χ0v) is 11.7. The lowest BCUT2D eigenvalue weighted by molar-refractivity contribution is -0.122. The molecule has 110 valence electrons. The van der Waals surface area contributed by atoms with E-state index >= 15 is 0 Å². The molecular weight excluding hydrogens is 260 g/mol. The lowest BCUT2D eigenvalue weighted by Gasteiger charge is -2.18. The molecule has 0 spiro atoms. The maximum atomic E-state index is 11.9. The average molecular weight is 280 g/mol. The molecule has 1 aromatic heterocycles. The molecule has 8 heteroatoms. The molecule has 1 saturated heterocycles. The summed E-state index contributed by atoms with van der Waals surface area (Å²) in [5.74, 6) is 0.537. The number of rotatable bonds is 3. The fraction of sp³-hybridized carbons (Fsp3) is 0.667.